The maximum absolute atomic E-state index is 12.8. The van der Waals surface area contributed by atoms with Crippen LogP contribution in [-0.2, 0) is 14.8 Å². The Kier molecular flexibility index (Phi) is 4.89. The van der Waals surface area contributed by atoms with Crippen molar-refractivity contribution >= 4 is 26.8 Å². The second-order valence-electron chi connectivity index (χ2n) is 5.63. The fourth-order valence-electron chi connectivity index (χ4n) is 2.77. The van der Waals surface area contributed by atoms with Crippen molar-refractivity contribution < 1.29 is 17.9 Å². The zero-order valence-electron chi connectivity index (χ0n) is 13.7. The largest absolute Gasteiger partial charge is 0.379 e. The van der Waals surface area contributed by atoms with Crippen molar-refractivity contribution in [2.75, 3.05) is 32.8 Å². The van der Waals surface area contributed by atoms with Gasteiger partial charge in [0.25, 0.3) is 5.91 Å². The predicted molar refractivity (Wildman–Crippen MR) is 92.2 cm³/mol. The number of hydrogen-bond donors (Lipinski definition) is 2. The molecule has 1 amide bonds. The number of carbonyl (C=O) groups is 1. The summed E-state index contributed by atoms with van der Waals surface area (Å²) in [5, 5.41) is 3.02. The number of benzene rings is 1. The summed E-state index contributed by atoms with van der Waals surface area (Å²) in [5.41, 5.74) is 0.145. The molecule has 0 saturated carbocycles. The van der Waals surface area contributed by atoms with Crippen LogP contribution in [0.15, 0.2) is 34.0 Å². The van der Waals surface area contributed by atoms with E-state index in [2.05, 4.69) is 10.3 Å². The number of H-pyrrole nitrogens is 1. The van der Waals surface area contributed by atoms with Crippen LogP contribution in [0.1, 0.15) is 17.3 Å². The quantitative estimate of drug-likeness (QED) is 0.810. The van der Waals surface area contributed by atoms with Crippen LogP contribution in [0.25, 0.3) is 10.9 Å². The van der Waals surface area contributed by atoms with Gasteiger partial charge in [-0.05, 0) is 25.1 Å². The molecule has 1 saturated heterocycles. The first kappa shape index (κ1) is 17.6. The Bertz CT molecular complexity index is 961. The summed E-state index contributed by atoms with van der Waals surface area (Å²) in [6.45, 7) is 3.44. The first-order valence-corrected chi connectivity index (χ1v) is 9.40. The molecule has 1 aliphatic heterocycles. The Balaban J connectivity index is 2.12. The highest BCUT2D eigenvalue weighted by molar-refractivity contribution is 7.89. The van der Waals surface area contributed by atoms with Crippen LogP contribution in [0.5, 0.6) is 0 Å². The highest BCUT2D eigenvalue weighted by Gasteiger charge is 2.27. The molecule has 3 rings (SSSR count). The summed E-state index contributed by atoms with van der Waals surface area (Å²) in [6, 6.07) is 5.55. The standard InChI is InChI=1S/C16H19N3O5S/c1-2-17-16(21)13-10-15(20)18-14-4-3-11(9-12(13)14)25(22,23)19-5-7-24-8-6-19/h3-4,9-10H,2,5-8H2,1H3,(H,17,21)(H,18,20). The molecule has 2 N–H and O–H groups in total. The van der Waals surface area contributed by atoms with Crippen LogP contribution in [0.3, 0.4) is 0 Å². The summed E-state index contributed by atoms with van der Waals surface area (Å²) in [5.74, 6) is -0.417. The van der Waals surface area contributed by atoms with Gasteiger partial charge in [-0.3, -0.25) is 9.59 Å². The van der Waals surface area contributed by atoms with Crippen molar-refractivity contribution in [1.82, 2.24) is 14.6 Å². The van der Waals surface area contributed by atoms with E-state index in [1.807, 2.05) is 0 Å². The van der Waals surface area contributed by atoms with Gasteiger partial charge < -0.3 is 15.0 Å². The highest BCUT2D eigenvalue weighted by Crippen LogP contribution is 2.23. The van der Waals surface area contributed by atoms with Gasteiger partial charge in [0, 0.05) is 36.6 Å². The number of nitrogens with zero attached hydrogens (tertiary/aromatic N) is 1. The first-order chi connectivity index (χ1) is 11.9. The molecule has 1 aromatic heterocycles. The van der Waals surface area contributed by atoms with Crippen molar-refractivity contribution in [1.29, 1.82) is 0 Å². The average molecular weight is 365 g/mol. The van der Waals surface area contributed by atoms with Gasteiger partial charge in [-0.25, -0.2) is 8.42 Å². The van der Waals surface area contributed by atoms with E-state index >= 15 is 0 Å². The van der Waals surface area contributed by atoms with Crippen molar-refractivity contribution in [3.8, 4) is 0 Å². The Hall–Kier alpha value is -2.23. The highest BCUT2D eigenvalue weighted by atomic mass is 32.2. The lowest BCUT2D eigenvalue weighted by atomic mass is 10.1. The van der Waals surface area contributed by atoms with E-state index < -0.39 is 21.5 Å². The second-order valence-corrected chi connectivity index (χ2v) is 7.57. The molecule has 134 valence electrons. The Labute approximate surface area is 144 Å². The maximum atomic E-state index is 12.8. The van der Waals surface area contributed by atoms with Gasteiger partial charge in [-0.2, -0.15) is 4.31 Å². The van der Waals surface area contributed by atoms with E-state index in [9.17, 15) is 18.0 Å². The fourth-order valence-corrected chi connectivity index (χ4v) is 4.21. The number of fused-ring (bicyclic) bond motifs is 1. The Morgan fingerprint density at radius 3 is 2.68 bits per heavy atom. The van der Waals surface area contributed by atoms with E-state index in [-0.39, 0.29) is 23.5 Å². The molecular formula is C16H19N3O5S. The summed E-state index contributed by atoms with van der Waals surface area (Å²) in [4.78, 5) is 26.7. The number of pyridine rings is 1. The molecule has 0 atom stereocenters. The normalized spacial score (nSPS) is 16.0. The summed E-state index contributed by atoms with van der Waals surface area (Å²) >= 11 is 0. The number of rotatable bonds is 4. The van der Waals surface area contributed by atoms with Crippen LogP contribution in [0.4, 0.5) is 0 Å². The van der Waals surface area contributed by atoms with Gasteiger partial charge in [0.1, 0.15) is 0 Å². The minimum absolute atomic E-state index is 0.0829. The van der Waals surface area contributed by atoms with Gasteiger partial charge in [0.15, 0.2) is 0 Å². The molecular weight excluding hydrogens is 346 g/mol. The number of morpholine rings is 1. The van der Waals surface area contributed by atoms with Crippen molar-refractivity contribution in [3.05, 3.63) is 40.2 Å². The van der Waals surface area contributed by atoms with E-state index in [1.54, 1.807) is 6.92 Å². The number of aromatic amines is 1. The number of sulfonamides is 1. The third-order valence-corrected chi connectivity index (χ3v) is 5.90. The summed E-state index contributed by atoms with van der Waals surface area (Å²) in [6.07, 6.45) is 0. The number of hydrogen-bond acceptors (Lipinski definition) is 5. The number of aromatic nitrogens is 1. The molecule has 2 aromatic rings. The van der Waals surface area contributed by atoms with Gasteiger partial charge >= 0.3 is 0 Å². The average Bonchev–Trinajstić information content (AvgIpc) is 2.61. The second kappa shape index (κ2) is 6.95. The van der Waals surface area contributed by atoms with Crippen LogP contribution < -0.4 is 10.9 Å². The van der Waals surface area contributed by atoms with Crippen LogP contribution in [0.2, 0.25) is 0 Å². The lowest BCUT2D eigenvalue weighted by Crippen LogP contribution is -2.40. The molecule has 1 aliphatic rings. The minimum Gasteiger partial charge on any atom is -0.379 e. The van der Waals surface area contributed by atoms with Gasteiger partial charge in [0.05, 0.1) is 23.7 Å². The molecule has 1 fully saturated rings. The molecule has 8 nitrogen and oxygen atoms in total. The maximum Gasteiger partial charge on any atom is 0.252 e. The number of ether oxygens (including phenoxy) is 1. The van der Waals surface area contributed by atoms with Crippen LogP contribution >= 0.6 is 0 Å². The van der Waals surface area contributed by atoms with Gasteiger partial charge in [0.2, 0.25) is 15.6 Å². The molecule has 9 heteroatoms. The zero-order chi connectivity index (χ0) is 18.0. The lowest BCUT2D eigenvalue weighted by molar-refractivity contribution is 0.0730. The van der Waals surface area contributed by atoms with Crippen LogP contribution in [0, 0.1) is 0 Å². The fraction of sp³-hybridized carbons (Fsp3) is 0.375. The third-order valence-electron chi connectivity index (χ3n) is 4.00. The number of amides is 1. The van der Waals surface area contributed by atoms with Gasteiger partial charge in [-0.15, -0.1) is 0 Å². The Morgan fingerprint density at radius 1 is 1.28 bits per heavy atom. The van der Waals surface area contributed by atoms with Crippen molar-refractivity contribution in [2.24, 2.45) is 0 Å². The molecule has 0 bridgehead atoms. The molecule has 2 heterocycles. The molecule has 0 spiro atoms. The molecule has 0 aliphatic carbocycles. The molecule has 1 aromatic carbocycles. The van der Waals surface area contributed by atoms with Gasteiger partial charge in [-0.1, -0.05) is 0 Å². The molecule has 25 heavy (non-hydrogen) atoms. The topological polar surface area (TPSA) is 109 Å². The summed E-state index contributed by atoms with van der Waals surface area (Å²) < 4.78 is 32.2. The summed E-state index contributed by atoms with van der Waals surface area (Å²) in [7, 11) is -3.69. The molecule has 0 radical (unpaired) electrons. The monoisotopic (exact) mass is 365 g/mol. The van der Waals surface area contributed by atoms with E-state index in [4.69, 9.17) is 4.74 Å². The lowest BCUT2D eigenvalue weighted by Gasteiger charge is -2.26. The van der Waals surface area contributed by atoms with E-state index in [0.717, 1.165) is 0 Å². The van der Waals surface area contributed by atoms with Crippen molar-refractivity contribution in [3.63, 3.8) is 0 Å². The van der Waals surface area contributed by atoms with Crippen LogP contribution in [-0.4, -0.2) is 56.5 Å². The molecule has 0 unspecified atom stereocenters. The zero-order valence-corrected chi connectivity index (χ0v) is 14.6. The van der Waals surface area contributed by atoms with E-state index in [0.29, 0.717) is 30.7 Å². The minimum atomic E-state index is -3.69. The predicted octanol–water partition coefficient (Wildman–Crippen LogP) is 0.299. The first-order valence-electron chi connectivity index (χ1n) is 7.96. The smallest absolute Gasteiger partial charge is 0.252 e. The number of carbonyl (C=O) groups excluding carboxylic acids is 1. The van der Waals surface area contributed by atoms with Crippen molar-refractivity contribution in [2.45, 2.75) is 11.8 Å². The third kappa shape index (κ3) is 3.44. The van der Waals surface area contributed by atoms with E-state index in [1.165, 1.54) is 28.6 Å². The number of nitrogens with one attached hydrogen (secondary N) is 2. The SMILES string of the molecule is CCNC(=O)c1cc(=O)[nH]c2ccc(S(=O)(=O)N3CCOCC3)cc12. The Morgan fingerprint density at radius 2 is 2.00 bits per heavy atom.